The number of hydrogen-bond donors (Lipinski definition) is 0. The number of Topliss-reactive ketones (excluding diaryl/α,β-unsaturated/α-hetero) is 1. The number of fused-ring (bicyclic) bond motifs is 1. The van der Waals surface area contributed by atoms with E-state index in [1.807, 2.05) is 0 Å². The minimum absolute atomic E-state index is 0.0257. The third kappa shape index (κ3) is 2.58. The second-order valence-corrected chi connectivity index (χ2v) is 11.0. The van der Waals surface area contributed by atoms with Gasteiger partial charge in [0.1, 0.15) is 17.6 Å². The van der Waals surface area contributed by atoms with Crippen LogP contribution in [0.4, 0.5) is 0 Å². The van der Waals surface area contributed by atoms with E-state index in [2.05, 4.69) is 13.5 Å². The van der Waals surface area contributed by atoms with Crippen LogP contribution in [-0.2, 0) is 33.3 Å². The highest BCUT2D eigenvalue weighted by Crippen LogP contribution is 2.73. The van der Waals surface area contributed by atoms with Crippen molar-refractivity contribution in [2.45, 2.75) is 71.2 Å². The van der Waals surface area contributed by atoms with Crippen LogP contribution in [0.25, 0.3) is 0 Å². The van der Waals surface area contributed by atoms with Gasteiger partial charge >= 0.3 is 11.9 Å². The lowest BCUT2D eigenvalue weighted by Crippen LogP contribution is -2.74. The predicted molar refractivity (Wildman–Crippen MR) is 113 cm³/mol. The fourth-order valence-electron chi connectivity index (χ4n) is 8.80. The number of hydrogen-bond acceptors (Lipinski definition) is 7. The molecule has 5 fully saturated rings. The van der Waals surface area contributed by atoms with Crippen molar-refractivity contribution in [3.05, 3.63) is 12.2 Å². The molecule has 0 N–H and O–H groups in total. The first-order valence-electron chi connectivity index (χ1n) is 11.8. The van der Waals surface area contributed by atoms with E-state index in [-0.39, 0.29) is 40.3 Å². The molecule has 176 valence electrons. The van der Waals surface area contributed by atoms with Gasteiger partial charge in [0.15, 0.2) is 5.78 Å². The Morgan fingerprint density at radius 3 is 2.47 bits per heavy atom. The van der Waals surface area contributed by atoms with Gasteiger partial charge in [0.25, 0.3) is 0 Å². The summed E-state index contributed by atoms with van der Waals surface area (Å²) in [5, 5.41) is 0. The van der Waals surface area contributed by atoms with Gasteiger partial charge in [0, 0.05) is 38.2 Å². The summed E-state index contributed by atoms with van der Waals surface area (Å²) in [4.78, 5) is 38.5. The zero-order chi connectivity index (χ0) is 23.1. The van der Waals surface area contributed by atoms with Gasteiger partial charge in [-0.15, -0.1) is 0 Å². The van der Waals surface area contributed by atoms with E-state index in [9.17, 15) is 14.4 Å². The molecule has 1 spiro atoms. The first kappa shape index (κ1) is 22.1. The number of methoxy groups -OCH3 is 1. The van der Waals surface area contributed by atoms with E-state index in [1.54, 1.807) is 7.11 Å². The molecule has 5 aliphatic rings. The third-order valence-corrected chi connectivity index (χ3v) is 9.57. The Kier molecular flexibility index (Phi) is 4.92. The van der Waals surface area contributed by atoms with Crippen LogP contribution in [0, 0.1) is 34.0 Å². The summed E-state index contributed by atoms with van der Waals surface area (Å²) in [5.41, 5.74) is -1.02. The molecule has 4 bridgehead atoms. The number of rotatable bonds is 3. The normalized spacial score (nSPS) is 49.1. The van der Waals surface area contributed by atoms with Crippen LogP contribution in [0.3, 0.4) is 0 Å². The molecule has 4 saturated carbocycles. The molecule has 5 rings (SSSR count). The fraction of sp³-hybridized carbons (Fsp3) is 0.800. The van der Waals surface area contributed by atoms with Gasteiger partial charge in [-0.05, 0) is 42.6 Å². The van der Waals surface area contributed by atoms with Crippen molar-refractivity contribution >= 4 is 17.7 Å². The largest absolute Gasteiger partial charge is 0.462 e. The summed E-state index contributed by atoms with van der Waals surface area (Å²) in [6, 6.07) is 0. The number of ketones is 1. The van der Waals surface area contributed by atoms with Crippen LogP contribution in [0.2, 0.25) is 0 Å². The van der Waals surface area contributed by atoms with Crippen LogP contribution in [0.1, 0.15) is 52.9 Å². The van der Waals surface area contributed by atoms with Gasteiger partial charge < -0.3 is 18.9 Å². The minimum atomic E-state index is -1.12. The standard InChI is InChI=1S/C25H34O7/c1-13-16-9-17(31-14(2)26)20-24-8-6-7-23(4,11-30-12-24)18(24)10-19(29-5)25(20,21(13)28)22(16)32-15(3)27/h16-20,22H,1,6-12H2,2-5H3/t16-,17-,18+,19?,20-,22+,23-,24-,25?/m0/s1. The highest BCUT2D eigenvalue weighted by atomic mass is 16.6. The number of esters is 2. The van der Waals surface area contributed by atoms with Crippen molar-refractivity contribution in [3.8, 4) is 0 Å². The molecule has 7 heteroatoms. The Hall–Kier alpha value is -1.73. The zero-order valence-electron chi connectivity index (χ0n) is 19.5. The molecule has 1 saturated heterocycles. The molecular weight excluding hydrogens is 412 g/mol. The Labute approximate surface area is 189 Å². The van der Waals surface area contributed by atoms with Crippen molar-refractivity contribution in [1.29, 1.82) is 0 Å². The summed E-state index contributed by atoms with van der Waals surface area (Å²) >= 11 is 0. The van der Waals surface area contributed by atoms with E-state index in [0.717, 1.165) is 19.3 Å². The lowest BCUT2D eigenvalue weighted by molar-refractivity contribution is -0.299. The maximum Gasteiger partial charge on any atom is 0.302 e. The number of carbonyl (C=O) groups excluding carboxylic acids is 3. The third-order valence-electron chi connectivity index (χ3n) is 9.57. The molecule has 0 radical (unpaired) electrons. The molecule has 4 aliphatic carbocycles. The van der Waals surface area contributed by atoms with Crippen molar-refractivity contribution in [2.24, 2.45) is 34.0 Å². The monoisotopic (exact) mass is 446 g/mol. The van der Waals surface area contributed by atoms with E-state index in [0.29, 0.717) is 31.6 Å². The quantitative estimate of drug-likeness (QED) is 0.487. The molecule has 1 heterocycles. The van der Waals surface area contributed by atoms with Crippen LogP contribution in [0.15, 0.2) is 12.2 Å². The van der Waals surface area contributed by atoms with Gasteiger partial charge in [-0.25, -0.2) is 0 Å². The van der Waals surface area contributed by atoms with Gasteiger partial charge in [-0.3, -0.25) is 14.4 Å². The summed E-state index contributed by atoms with van der Waals surface area (Å²) in [6.45, 7) is 10.4. The highest BCUT2D eigenvalue weighted by Gasteiger charge is 2.80. The van der Waals surface area contributed by atoms with Gasteiger partial charge in [-0.2, -0.15) is 0 Å². The summed E-state index contributed by atoms with van der Waals surface area (Å²) in [6.07, 6.45) is 2.53. The lowest BCUT2D eigenvalue weighted by atomic mass is 9.38. The molecular formula is C25H34O7. The fourth-order valence-corrected chi connectivity index (χ4v) is 8.80. The van der Waals surface area contributed by atoms with Gasteiger partial charge in [-0.1, -0.05) is 19.9 Å². The maximum atomic E-state index is 14.1. The van der Waals surface area contributed by atoms with Gasteiger partial charge in [0.05, 0.1) is 19.3 Å². The molecule has 32 heavy (non-hydrogen) atoms. The lowest BCUT2D eigenvalue weighted by Gasteiger charge is -2.69. The molecule has 0 aromatic carbocycles. The molecule has 0 aromatic rings. The molecule has 9 atom stereocenters. The van der Waals surface area contributed by atoms with E-state index in [1.165, 1.54) is 13.8 Å². The second kappa shape index (κ2) is 7.13. The highest BCUT2D eigenvalue weighted by molar-refractivity contribution is 6.05. The van der Waals surface area contributed by atoms with E-state index < -0.39 is 29.7 Å². The number of carbonyl (C=O) groups is 3. The van der Waals surface area contributed by atoms with Crippen LogP contribution >= 0.6 is 0 Å². The number of ether oxygens (including phenoxy) is 4. The van der Waals surface area contributed by atoms with E-state index in [4.69, 9.17) is 18.9 Å². The van der Waals surface area contributed by atoms with Crippen LogP contribution in [-0.4, -0.2) is 56.4 Å². The van der Waals surface area contributed by atoms with Crippen molar-refractivity contribution in [2.75, 3.05) is 20.3 Å². The maximum absolute atomic E-state index is 14.1. The average molecular weight is 447 g/mol. The Morgan fingerprint density at radius 2 is 1.81 bits per heavy atom. The Morgan fingerprint density at radius 1 is 1.09 bits per heavy atom. The molecule has 2 unspecified atom stereocenters. The first-order chi connectivity index (χ1) is 15.1. The Balaban J connectivity index is 1.76. The molecule has 7 nitrogen and oxygen atoms in total. The average Bonchev–Trinajstić information content (AvgIpc) is 2.83. The summed E-state index contributed by atoms with van der Waals surface area (Å²) < 4.78 is 24.2. The summed E-state index contributed by atoms with van der Waals surface area (Å²) in [7, 11) is 1.63. The minimum Gasteiger partial charge on any atom is -0.462 e. The Bertz CT molecular complexity index is 868. The van der Waals surface area contributed by atoms with Crippen LogP contribution < -0.4 is 0 Å². The van der Waals surface area contributed by atoms with Crippen molar-refractivity contribution in [3.63, 3.8) is 0 Å². The second-order valence-electron chi connectivity index (χ2n) is 11.0. The summed E-state index contributed by atoms with van der Waals surface area (Å²) in [5.74, 6) is -1.34. The van der Waals surface area contributed by atoms with E-state index >= 15 is 0 Å². The zero-order valence-corrected chi connectivity index (χ0v) is 19.5. The molecule has 0 amide bonds. The van der Waals surface area contributed by atoms with Crippen LogP contribution in [0.5, 0.6) is 0 Å². The van der Waals surface area contributed by atoms with Gasteiger partial charge in [0.2, 0.25) is 0 Å². The van der Waals surface area contributed by atoms with Crippen molar-refractivity contribution in [1.82, 2.24) is 0 Å². The predicted octanol–water partition coefficient (Wildman–Crippen LogP) is 2.85. The first-order valence-corrected chi connectivity index (χ1v) is 11.8. The molecule has 0 aromatic heterocycles. The SMILES string of the molecule is C=C1C(=O)C23C(OC)C[C@@H]4[C@@]5(C)CCC[C@@]4(COC5)[C@@H]2[C@@H](OC(C)=O)C[C@@H]1[C@H]3OC(C)=O. The van der Waals surface area contributed by atoms with Crippen molar-refractivity contribution < 1.29 is 33.3 Å². The smallest absolute Gasteiger partial charge is 0.302 e. The topological polar surface area (TPSA) is 88.1 Å². The molecule has 1 aliphatic heterocycles.